The molecular formula is C23H23N3O4. The molecule has 0 bridgehead atoms. The largest absolute Gasteiger partial charge is 0.464 e. The molecule has 154 valence electrons. The van der Waals surface area contributed by atoms with Crippen LogP contribution in [0, 0.1) is 0 Å². The van der Waals surface area contributed by atoms with Crippen molar-refractivity contribution in [2.24, 2.45) is 5.73 Å². The van der Waals surface area contributed by atoms with Gasteiger partial charge in [0, 0.05) is 23.1 Å². The fourth-order valence-corrected chi connectivity index (χ4v) is 3.76. The first-order chi connectivity index (χ1) is 14.5. The summed E-state index contributed by atoms with van der Waals surface area (Å²) in [5.74, 6) is -1.07. The lowest BCUT2D eigenvalue weighted by Crippen LogP contribution is -2.33. The van der Waals surface area contributed by atoms with Crippen molar-refractivity contribution in [3.8, 4) is 0 Å². The number of rotatable bonds is 7. The fourth-order valence-electron chi connectivity index (χ4n) is 3.76. The Kier molecular flexibility index (Phi) is 5.52. The molecule has 0 atom stereocenters. The Bertz CT molecular complexity index is 1120. The van der Waals surface area contributed by atoms with Crippen LogP contribution < -0.4 is 16.4 Å². The summed E-state index contributed by atoms with van der Waals surface area (Å²) >= 11 is 0. The maximum absolute atomic E-state index is 12.4. The van der Waals surface area contributed by atoms with E-state index in [0.717, 1.165) is 34.9 Å². The van der Waals surface area contributed by atoms with Crippen LogP contribution in [0.25, 0.3) is 11.0 Å². The van der Waals surface area contributed by atoms with E-state index in [9.17, 15) is 14.4 Å². The number of fused-ring (bicyclic) bond motifs is 2. The number of nitrogens with two attached hydrogens (primary N) is 1. The SMILES string of the molecule is NC(=O)CNC(=O)c1ccc(CNC(=O)Cc2coc3cc4c(cc23)CCC4)cc1. The van der Waals surface area contributed by atoms with Crippen molar-refractivity contribution in [1.29, 1.82) is 0 Å². The number of amides is 3. The molecule has 0 saturated carbocycles. The van der Waals surface area contributed by atoms with Gasteiger partial charge in [0.25, 0.3) is 5.91 Å². The van der Waals surface area contributed by atoms with Crippen LogP contribution in [0.4, 0.5) is 0 Å². The first kappa shape index (κ1) is 19.7. The fraction of sp³-hybridized carbons (Fsp3) is 0.261. The molecule has 0 unspecified atom stereocenters. The minimum absolute atomic E-state index is 0.0959. The number of hydrogen-bond acceptors (Lipinski definition) is 4. The predicted molar refractivity (Wildman–Crippen MR) is 112 cm³/mol. The topological polar surface area (TPSA) is 114 Å². The average Bonchev–Trinajstić information content (AvgIpc) is 3.35. The van der Waals surface area contributed by atoms with E-state index >= 15 is 0 Å². The molecule has 1 aliphatic rings. The zero-order chi connectivity index (χ0) is 21.1. The molecule has 7 nitrogen and oxygen atoms in total. The van der Waals surface area contributed by atoms with Crippen LogP contribution in [-0.2, 0) is 35.4 Å². The van der Waals surface area contributed by atoms with Gasteiger partial charge >= 0.3 is 0 Å². The van der Waals surface area contributed by atoms with Crippen molar-refractivity contribution in [1.82, 2.24) is 10.6 Å². The van der Waals surface area contributed by atoms with E-state index in [2.05, 4.69) is 22.8 Å². The van der Waals surface area contributed by atoms with Crippen LogP contribution in [-0.4, -0.2) is 24.3 Å². The predicted octanol–water partition coefficient (Wildman–Crippen LogP) is 2.00. The minimum atomic E-state index is -0.600. The Balaban J connectivity index is 1.33. The van der Waals surface area contributed by atoms with Gasteiger partial charge in [-0.1, -0.05) is 12.1 Å². The normalized spacial score (nSPS) is 12.5. The van der Waals surface area contributed by atoms with Gasteiger partial charge in [-0.2, -0.15) is 0 Å². The highest BCUT2D eigenvalue weighted by atomic mass is 16.3. The number of hydrogen-bond donors (Lipinski definition) is 3. The molecule has 0 spiro atoms. The molecule has 2 aromatic carbocycles. The molecule has 0 aliphatic heterocycles. The van der Waals surface area contributed by atoms with Gasteiger partial charge in [-0.05, 0) is 60.2 Å². The van der Waals surface area contributed by atoms with E-state index in [1.165, 1.54) is 17.5 Å². The highest BCUT2D eigenvalue weighted by Crippen LogP contribution is 2.30. The number of aryl methyl sites for hydroxylation is 2. The number of benzene rings is 2. The van der Waals surface area contributed by atoms with Crippen molar-refractivity contribution >= 4 is 28.7 Å². The smallest absolute Gasteiger partial charge is 0.251 e. The Labute approximate surface area is 173 Å². The minimum Gasteiger partial charge on any atom is -0.464 e. The van der Waals surface area contributed by atoms with Crippen LogP contribution in [0.2, 0.25) is 0 Å². The van der Waals surface area contributed by atoms with Gasteiger partial charge in [-0.15, -0.1) is 0 Å². The van der Waals surface area contributed by atoms with Crippen LogP contribution >= 0.6 is 0 Å². The molecule has 0 saturated heterocycles. The summed E-state index contributed by atoms with van der Waals surface area (Å²) in [4.78, 5) is 35.0. The summed E-state index contributed by atoms with van der Waals surface area (Å²) in [5, 5.41) is 6.34. The molecule has 4 N–H and O–H groups in total. The Morgan fingerprint density at radius 3 is 2.47 bits per heavy atom. The van der Waals surface area contributed by atoms with Gasteiger partial charge in [-0.3, -0.25) is 14.4 Å². The van der Waals surface area contributed by atoms with E-state index in [4.69, 9.17) is 10.2 Å². The molecule has 4 rings (SSSR count). The number of furan rings is 1. The molecule has 30 heavy (non-hydrogen) atoms. The molecule has 1 aromatic heterocycles. The van der Waals surface area contributed by atoms with Crippen molar-refractivity contribution in [2.75, 3.05) is 6.54 Å². The highest BCUT2D eigenvalue weighted by Gasteiger charge is 2.16. The standard InChI is InChI=1S/C23H23N3O4/c24-21(27)12-26-23(29)15-6-4-14(5-7-15)11-25-22(28)10-18-13-30-20-9-17-3-1-2-16(17)8-19(18)20/h4-9,13H,1-3,10-12H2,(H2,24,27)(H,25,28)(H,26,29). The molecule has 3 aromatic rings. The van der Waals surface area contributed by atoms with Crippen LogP contribution in [0.15, 0.2) is 47.1 Å². The van der Waals surface area contributed by atoms with Crippen molar-refractivity contribution in [3.63, 3.8) is 0 Å². The van der Waals surface area contributed by atoms with Crippen molar-refractivity contribution < 1.29 is 18.8 Å². The molecule has 0 radical (unpaired) electrons. The van der Waals surface area contributed by atoms with Crippen LogP contribution in [0.3, 0.4) is 0 Å². The van der Waals surface area contributed by atoms with E-state index in [1.54, 1.807) is 30.5 Å². The Morgan fingerprint density at radius 2 is 1.73 bits per heavy atom. The maximum Gasteiger partial charge on any atom is 0.251 e. The van der Waals surface area contributed by atoms with Crippen molar-refractivity contribution in [2.45, 2.75) is 32.2 Å². The molecule has 1 heterocycles. The second-order valence-electron chi connectivity index (χ2n) is 7.53. The summed E-state index contributed by atoms with van der Waals surface area (Å²) in [6.45, 7) is 0.148. The lowest BCUT2D eigenvalue weighted by Gasteiger charge is -2.07. The number of carbonyl (C=O) groups excluding carboxylic acids is 3. The van der Waals surface area contributed by atoms with E-state index < -0.39 is 5.91 Å². The van der Waals surface area contributed by atoms with Gasteiger partial charge in [0.1, 0.15) is 5.58 Å². The second-order valence-corrected chi connectivity index (χ2v) is 7.53. The Hall–Kier alpha value is -3.61. The third-order valence-corrected chi connectivity index (χ3v) is 5.35. The van der Waals surface area contributed by atoms with E-state index in [0.29, 0.717) is 12.1 Å². The summed E-state index contributed by atoms with van der Waals surface area (Å²) in [6, 6.07) is 11.1. The summed E-state index contributed by atoms with van der Waals surface area (Å²) < 4.78 is 5.66. The zero-order valence-corrected chi connectivity index (χ0v) is 16.5. The van der Waals surface area contributed by atoms with Crippen LogP contribution in [0.5, 0.6) is 0 Å². The van der Waals surface area contributed by atoms with Gasteiger partial charge < -0.3 is 20.8 Å². The highest BCUT2D eigenvalue weighted by molar-refractivity contribution is 5.96. The zero-order valence-electron chi connectivity index (χ0n) is 16.5. The third kappa shape index (κ3) is 4.35. The first-order valence-electron chi connectivity index (χ1n) is 9.93. The monoisotopic (exact) mass is 405 g/mol. The molecule has 0 fully saturated rings. The molecule has 1 aliphatic carbocycles. The quantitative estimate of drug-likeness (QED) is 0.558. The maximum atomic E-state index is 12.4. The molecule has 7 heteroatoms. The third-order valence-electron chi connectivity index (χ3n) is 5.35. The summed E-state index contributed by atoms with van der Waals surface area (Å²) in [5.41, 5.74) is 10.7. The number of carbonyl (C=O) groups is 3. The lowest BCUT2D eigenvalue weighted by molar-refractivity contribution is -0.120. The Morgan fingerprint density at radius 1 is 1.00 bits per heavy atom. The second kappa shape index (κ2) is 8.41. The van der Waals surface area contributed by atoms with Crippen LogP contribution in [0.1, 0.15) is 39.0 Å². The molecule has 3 amide bonds. The first-order valence-corrected chi connectivity index (χ1v) is 9.93. The van der Waals surface area contributed by atoms with E-state index in [-0.39, 0.29) is 24.8 Å². The lowest BCUT2D eigenvalue weighted by atomic mass is 10.0. The van der Waals surface area contributed by atoms with Gasteiger partial charge in [0.2, 0.25) is 11.8 Å². The van der Waals surface area contributed by atoms with Gasteiger partial charge in [-0.25, -0.2) is 0 Å². The number of nitrogens with one attached hydrogen (secondary N) is 2. The van der Waals surface area contributed by atoms with Crippen molar-refractivity contribution in [3.05, 3.63) is 70.5 Å². The molecular weight excluding hydrogens is 382 g/mol. The van der Waals surface area contributed by atoms with Gasteiger partial charge in [0.15, 0.2) is 0 Å². The average molecular weight is 405 g/mol. The summed E-state index contributed by atoms with van der Waals surface area (Å²) in [6.07, 6.45) is 5.26. The summed E-state index contributed by atoms with van der Waals surface area (Å²) in [7, 11) is 0. The van der Waals surface area contributed by atoms with Gasteiger partial charge in [0.05, 0.1) is 19.2 Å². The number of primary amides is 1. The van der Waals surface area contributed by atoms with E-state index in [1.807, 2.05) is 0 Å².